The van der Waals surface area contributed by atoms with Gasteiger partial charge in [0.15, 0.2) is 5.16 Å². The van der Waals surface area contributed by atoms with Gasteiger partial charge < -0.3 is 10.1 Å². The van der Waals surface area contributed by atoms with Gasteiger partial charge in [-0.3, -0.25) is 0 Å². The van der Waals surface area contributed by atoms with E-state index in [0.29, 0.717) is 11.0 Å². The van der Waals surface area contributed by atoms with Crippen LogP contribution in [-0.4, -0.2) is 22.8 Å². The second-order valence-electron chi connectivity index (χ2n) is 4.52. The molecule has 0 aliphatic heterocycles. The SMILES string of the molecule is CCCNc1cc(Oc2ccc(Br)c(C)c2)nc(SC)n1. The molecule has 1 N–H and O–H groups in total. The van der Waals surface area contributed by atoms with E-state index in [9.17, 15) is 0 Å². The summed E-state index contributed by atoms with van der Waals surface area (Å²) in [4.78, 5) is 8.80. The smallest absolute Gasteiger partial charge is 0.225 e. The number of aryl methyl sites for hydroxylation is 1. The molecule has 0 spiro atoms. The molecule has 0 fully saturated rings. The van der Waals surface area contributed by atoms with Gasteiger partial charge in [-0.15, -0.1) is 0 Å². The Morgan fingerprint density at radius 2 is 2.10 bits per heavy atom. The Hall–Kier alpha value is -1.27. The fourth-order valence-electron chi connectivity index (χ4n) is 1.69. The minimum absolute atomic E-state index is 0.551. The number of benzene rings is 1. The molecule has 4 nitrogen and oxygen atoms in total. The van der Waals surface area contributed by atoms with Gasteiger partial charge in [0.25, 0.3) is 0 Å². The number of rotatable bonds is 6. The molecule has 1 heterocycles. The summed E-state index contributed by atoms with van der Waals surface area (Å²) >= 11 is 4.98. The van der Waals surface area contributed by atoms with E-state index in [1.54, 1.807) is 0 Å². The van der Waals surface area contributed by atoms with Gasteiger partial charge >= 0.3 is 0 Å². The van der Waals surface area contributed by atoms with E-state index in [1.165, 1.54) is 11.8 Å². The number of hydrogen-bond donors (Lipinski definition) is 1. The third-order valence-electron chi connectivity index (χ3n) is 2.77. The fraction of sp³-hybridized carbons (Fsp3) is 0.333. The Morgan fingerprint density at radius 1 is 1.29 bits per heavy atom. The molecule has 0 aliphatic rings. The Kier molecular flexibility index (Phi) is 5.87. The van der Waals surface area contributed by atoms with Gasteiger partial charge in [0.05, 0.1) is 0 Å². The molecule has 6 heteroatoms. The highest BCUT2D eigenvalue weighted by Crippen LogP contribution is 2.27. The van der Waals surface area contributed by atoms with Crippen molar-refractivity contribution in [3.63, 3.8) is 0 Å². The van der Waals surface area contributed by atoms with Crippen LogP contribution in [0.25, 0.3) is 0 Å². The normalized spacial score (nSPS) is 10.5. The van der Waals surface area contributed by atoms with Crippen molar-refractivity contribution < 1.29 is 4.74 Å². The quantitative estimate of drug-likeness (QED) is 0.581. The van der Waals surface area contributed by atoms with E-state index in [4.69, 9.17) is 4.74 Å². The Morgan fingerprint density at radius 3 is 2.76 bits per heavy atom. The molecule has 0 radical (unpaired) electrons. The van der Waals surface area contributed by atoms with Gasteiger partial charge in [0, 0.05) is 17.1 Å². The van der Waals surface area contributed by atoms with Crippen LogP contribution in [-0.2, 0) is 0 Å². The zero-order chi connectivity index (χ0) is 15.2. The number of thioether (sulfide) groups is 1. The van der Waals surface area contributed by atoms with Crippen molar-refractivity contribution in [2.45, 2.75) is 25.4 Å². The summed E-state index contributed by atoms with van der Waals surface area (Å²) in [6, 6.07) is 7.69. The van der Waals surface area contributed by atoms with Crippen molar-refractivity contribution in [2.75, 3.05) is 18.1 Å². The molecule has 1 aromatic heterocycles. The lowest BCUT2D eigenvalue weighted by molar-refractivity contribution is 0.455. The van der Waals surface area contributed by atoms with Crippen LogP contribution in [0, 0.1) is 6.92 Å². The summed E-state index contributed by atoms with van der Waals surface area (Å²) in [5.41, 5.74) is 1.12. The average molecular weight is 368 g/mol. The van der Waals surface area contributed by atoms with E-state index < -0.39 is 0 Å². The molecule has 2 aromatic rings. The predicted molar refractivity (Wildman–Crippen MR) is 91.5 cm³/mol. The molecule has 0 atom stereocenters. The average Bonchev–Trinajstić information content (AvgIpc) is 2.48. The number of nitrogens with one attached hydrogen (secondary N) is 1. The van der Waals surface area contributed by atoms with Crippen molar-refractivity contribution in [2.24, 2.45) is 0 Å². The lowest BCUT2D eigenvalue weighted by atomic mass is 10.2. The predicted octanol–water partition coefficient (Wildman–Crippen LogP) is 4.88. The number of hydrogen-bond acceptors (Lipinski definition) is 5. The summed E-state index contributed by atoms with van der Waals surface area (Å²) in [5.74, 6) is 2.11. The summed E-state index contributed by atoms with van der Waals surface area (Å²) < 4.78 is 6.91. The highest BCUT2D eigenvalue weighted by atomic mass is 79.9. The minimum atomic E-state index is 0.551. The Bertz CT molecular complexity index is 622. The van der Waals surface area contributed by atoms with Crippen molar-refractivity contribution in [3.8, 4) is 11.6 Å². The van der Waals surface area contributed by atoms with Gasteiger partial charge in [-0.1, -0.05) is 34.6 Å². The largest absolute Gasteiger partial charge is 0.439 e. The number of halogens is 1. The maximum atomic E-state index is 5.85. The number of nitrogens with zero attached hydrogens (tertiary/aromatic N) is 2. The van der Waals surface area contributed by atoms with E-state index in [1.807, 2.05) is 37.4 Å². The van der Waals surface area contributed by atoms with Crippen molar-refractivity contribution in [1.29, 1.82) is 0 Å². The summed E-state index contributed by atoms with van der Waals surface area (Å²) in [5, 5.41) is 3.96. The molecule has 0 bridgehead atoms. The number of anilines is 1. The van der Waals surface area contributed by atoms with Crippen molar-refractivity contribution in [1.82, 2.24) is 9.97 Å². The molecule has 0 saturated carbocycles. The summed E-state index contributed by atoms with van der Waals surface area (Å²) in [6.07, 6.45) is 2.99. The first kappa shape index (κ1) is 16.1. The van der Waals surface area contributed by atoms with Crippen LogP contribution in [0.15, 0.2) is 33.9 Å². The first-order valence-electron chi connectivity index (χ1n) is 6.73. The van der Waals surface area contributed by atoms with Crippen LogP contribution in [0.3, 0.4) is 0 Å². The number of ether oxygens (including phenoxy) is 1. The Balaban J connectivity index is 2.23. The van der Waals surface area contributed by atoms with Crippen molar-refractivity contribution >= 4 is 33.5 Å². The first-order valence-corrected chi connectivity index (χ1v) is 8.75. The van der Waals surface area contributed by atoms with Crippen LogP contribution in [0.1, 0.15) is 18.9 Å². The third-order valence-corrected chi connectivity index (χ3v) is 4.21. The lowest BCUT2D eigenvalue weighted by Crippen LogP contribution is -2.04. The lowest BCUT2D eigenvalue weighted by Gasteiger charge is -2.10. The second-order valence-corrected chi connectivity index (χ2v) is 6.15. The molecule has 0 saturated heterocycles. The van der Waals surface area contributed by atoms with Gasteiger partial charge in [-0.05, 0) is 43.4 Å². The molecular formula is C15H18BrN3OS. The second kappa shape index (κ2) is 7.66. The first-order chi connectivity index (χ1) is 10.1. The fourth-order valence-corrected chi connectivity index (χ4v) is 2.31. The Labute approximate surface area is 137 Å². The topological polar surface area (TPSA) is 47.0 Å². The van der Waals surface area contributed by atoms with Crippen LogP contribution < -0.4 is 10.1 Å². The van der Waals surface area contributed by atoms with Gasteiger partial charge in [0.1, 0.15) is 11.6 Å². The molecule has 112 valence electrons. The third kappa shape index (κ3) is 4.61. The maximum absolute atomic E-state index is 5.85. The van der Waals surface area contributed by atoms with E-state index >= 15 is 0 Å². The monoisotopic (exact) mass is 367 g/mol. The van der Waals surface area contributed by atoms with Crippen LogP contribution in [0.2, 0.25) is 0 Å². The summed E-state index contributed by atoms with van der Waals surface area (Å²) in [7, 11) is 0. The van der Waals surface area contributed by atoms with Crippen LogP contribution in [0.5, 0.6) is 11.6 Å². The molecule has 0 amide bonds. The maximum Gasteiger partial charge on any atom is 0.225 e. The molecule has 21 heavy (non-hydrogen) atoms. The van der Waals surface area contributed by atoms with E-state index in [2.05, 4.69) is 38.1 Å². The van der Waals surface area contributed by atoms with Crippen LogP contribution >= 0.6 is 27.7 Å². The zero-order valence-corrected chi connectivity index (χ0v) is 14.7. The minimum Gasteiger partial charge on any atom is -0.439 e. The molecule has 0 unspecified atom stereocenters. The zero-order valence-electron chi connectivity index (χ0n) is 12.3. The molecule has 0 aliphatic carbocycles. The molecule has 2 rings (SSSR count). The highest BCUT2D eigenvalue weighted by molar-refractivity contribution is 9.10. The van der Waals surface area contributed by atoms with E-state index in [-0.39, 0.29) is 0 Å². The van der Waals surface area contributed by atoms with Gasteiger partial charge in [-0.2, -0.15) is 4.98 Å². The van der Waals surface area contributed by atoms with Gasteiger partial charge in [0.2, 0.25) is 5.88 Å². The highest BCUT2D eigenvalue weighted by Gasteiger charge is 2.07. The number of aromatic nitrogens is 2. The van der Waals surface area contributed by atoms with Crippen LogP contribution in [0.4, 0.5) is 5.82 Å². The van der Waals surface area contributed by atoms with E-state index in [0.717, 1.165) is 34.6 Å². The molecule has 1 aromatic carbocycles. The molecular weight excluding hydrogens is 350 g/mol. The standard InChI is InChI=1S/C15H18BrN3OS/c1-4-7-17-13-9-14(19-15(18-13)21-3)20-11-5-6-12(16)10(2)8-11/h5-6,8-9H,4,7H2,1-3H3,(H,17,18,19). The van der Waals surface area contributed by atoms with Crippen molar-refractivity contribution in [3.05, 3.63) is 34.3 Å². The summed E-state index contributed by atoms with van der Waals surface area (Å²) in [6.45, 7) is 5.02. The van der Waals surface area contributed by atoms with Gasteiger partial charge in [-0.25, -0.2) is 4.98 Å².